The van der Waals surface area contributed by atoms with E-state index in [4.69, 9.17) is 24.9 Å². The number of nitrogens with zero attached hydrogens (tertiary/aromatic N) is 5. The van der Waals surface area contributed by atoms with E-state index < -0.39 is 0 Å². The molecule has 10 nitrogen and oxygen atoms in total. The van der Waals surface area contributed by atoms with Crippen molar-refractivity contribution in [2.45, 2.75) is 6.42 Å². The van der Waals surface area contributed by atoms with Crippen LogP contribution < -0.4 is 20.1 Å². The minimum Gasteiger partial charge on any atom is -0.493 e. The highest BCUT2D eigenvalue weighted by molar-refractivity contribution is 6.06. The third-order valence-corrected chi connectivity index (χ3v) is 6.75. The fourth-order valence-electron chi connectivity index (χ4n) is 4.94. The number of carbonyl (C=O) groups excluding carboxylic acids is 1. The van der Waals surface area contributed by atoms with E-state index >= 15 is 0 Å². The van der Waals surface area contributed by atoms with Crippen LogP contribution in [0.5, 0.6) is 11.5 Å². The van der Waals surface area contributed by atoms with Gasteiger partial charge in [0.15, 0.2) is 11.5 Å². The lowest BCUT2D eigenvalue weighted by Gasteiger charge is -2.32. The quantitative estimate of drug-likeness (QED) is 0.593. The van der Waals surface area contributed by atoms with Crippen LogP contribution in [0.2, 0.25) is 0 Å². The molecule has 2 saturated heterocycles. The van der Waals surface area contributed by atoms with Crippen LogP contribution >= 0.6 is 0 Å². The van der Waals surface area contributed by atoms with Crippen LogP contribution in [0.3, 0.4) is 0 Å². The van der Waals surface area contributed by atoms with Gasteiger partial charge in [0.1, 0.15) is 5.82 Å². The Balaban J connectivity index is 1.47. The molecule has 0 spiro atoms. The molecule has 0 atom stereocenters. The molecule has 1 aromatic carbocycles. The van der Waals surface area contributed by atoms with Gasteiger partial charge in [0.2, 0.25) is 0 Å². The Morgan fingerprint density at radius 1 is 1.00 bits per heavy atom. The first-order valence-corrected chi connectivity index (χ1v) is 12.2. The zero-order chi connectivity index (χ0) is 25.1. The van der Waals surface area contributed by atoms with Crippen LogP contribution in [0.25, 0.3) is 22.2 Å². The molecule has 5 rings (SSSR count). The summed E-state index contributed by atoms with van der Waals surface area (Å²) in [5.41, 5.74) is 9.42. The molecule has 0 bridgehead atoms. The van der Waals surface area contributed by atoms with Crippen molar-refractivity contribution < 1.29 is 19.0 Å². The molecular formula is C26H32N6O4. The summed E-state index contributed by atoms with van der Waals surface area (Å²) in [5, 5.41) is 0.772. The molecule has 36 heavy (non-hydrogen) atoms. The maximum Gasteiger partial charge on any atom is 0.320 e. The summed E-state index contributed by atoms with van der Waals surface area (Å²) in [4.78, 5) is 28.5. The smallest absolute Gasteiger partial charge is 0.320 e. The van der Waals surface area contributed by atoms with E-state index in [9.17, 15) is 4.79 Å². The van der Waals surface area contributed by atoms with Gasteiger partial charge in [0, 0.05) is 68.7 Å². The first kappa shape index (κ1) is 23.9. The first-order chi connectivity index (χ1) is 17.6. The molecule has 4 heterocycles. The van der Waals surface area contributed by atoms with E-state index in [1.165, 1.54) is 0 Å². The highest BCUT2D eigenvalue weighted by Gasteiger charge is 2.26. The van der Waals surface area contributed by atoms with Gasteiger partial charge in [-0.05, 0) is 18.6 Å². The van der Waals surface area contributed by atoms with Gasteiger partial charge in [-0.3, -0.25) is 4.98 Å². The number of urea groups is 1. The average molecular weight is 493 g/mol. The Hall–Kier alpha value is -3.79. The molecule has 2 aliphatic rings. The van der Waals surface area contributed by atoms with E-state index in [-0.39, 0.29) is 6.03 Å². The highest BCUT2D eigenvalue weighted by Crippen LogP contribution is 2.45. The normalized spacial score (nSPS) is 16.7. The fraction of sp³-hybridized carbons (Fsp3) is 0.423. The Labute approximate surface area is 210 Å². The molecule has 0 saturated carbocycles. The van der Waals surface area contributed by atoms with Crippen molar-refractivity contribution in [2.75, 3.05) is 77.3 Å². The number of nitrogen functional groups attached to an aromatic ring is 1. The number of rotatable bonds is 4. The molecule has 190 valence electrons. The number of ether oxygens (including phenoxy) is 3. The highest BCUT2D eigenvalue weighted by atomic mass is 16.5. The SMILES string of the molecule is COc1cc2nc(N3CCCN(C(=O)N4CCOCC4)CC3)cc(N)c2c(-c2ccccn2)c1OC. The summed E-state index contributed by atoms with van der Waals surface area (Å²) in [6.45, 7) is 5.28. The molecule has 0 radical (unpaired) electrons. The number of carbonyl (C=O) groups is 1. The van der Waals surface area contributed by atoms with Gasteiger partial charge in [-0.1, -0.05) is 6.07 Å². The van der Waals surface area contributed by atoms with Crippen LogP contribution in [-0.2, 0) is 4.74 Å². The van der Waals surface area contributed by atoms with Gasteiger partial charge in [0.05, 0.1) is 44.2 Å². The zero-order valence-electron chi connectivity index (χ0n) is 20.8. The summed E-state index contributed by atoms with van der Waals surface area (Å²) in [5.74, 6) is 1.91. The van der Waals surface area contributed by atoms with Gasteiger partial charge < -0.3 is 34.6 Å². The number of pyridine rings is 2. The maximum atomic E-state index is 13.0. The largest absolute Gasteiger partial charge is 0.493 e. The molecular weight excluding hydrogens is 460 g/mol. The number of nitrogens with two attached hydrogens (primary N) is 1. The maximum absolute atomic E-state index is 13.0. The number of hydrogen-bond acceptors (Lipinski definition) is 8. The number of methoxy groups -OCH3 is 2. The van der Waals surface area contributed by atoms with Crippen molar-refractivity contribution in [3.63, 3.8) is 0 Å². The van der Waals surface area contributed by atoms with Gasteiger partial charge in [-0.25, -0.2) is 9.78 Å². The number of benzene rings is 1. The Bertz CT molecular complexity index is 1230. The zero-order valence-corrected chi connectivity index (χ0v) is 20.8. The summed E-state index contributed by atoms with van der Waals surface area (Å²) in [7, 11) is 3.21. The van der Waals surface area contributed by atoms with Crippen molar-refractivity contribution >= 4 is 28.4 Å². The Morgan fingerprint density at radius 3 is 2.53 bits per heavy atom. The number of anilines is 2. The molecule has 2 aromatic heterocycles. The number of morpholine rings is 1. The summed E-state index contributed by atoms with van der Waals surface area (Å²) >= 11 is 0. The van der Waals surface area contributed by atoms with Crippen LogP contribution in [-0.4, -0.2) is 92.5 Å². The predicted octanol–water partition coefficient (Wildman–Crippen LogP) is 2.86. The molecule has 10 heteroatoms. The van der Waals surface area contributed by atoms with Crippen molar-refractivity contribution in [1.29, 1.82) is 0 Å². The van der Waals surface area contributed by atoms with E-state index in [2.05, 4.69) is 9.88 Å². The number of aromatic nitrogens is 2. The Morgan fingerprint density at radius 2 is 1.81 bits per heavy atom. The molecule has 2 N–H and O–H groups in total. The topological polar surface area (TPSA) is 106 Å². The molecule has 0 unspecified atom stereocenters. The number of fused-ring (bicyclic) bond motifs is 1. The molecule has 0 aliphatic carbocycles. The lowest BCUT2D eigenvalue weighted by Crippen LogP contribution is -2.49. The summed E-state index contributed by atoms with van der Waals surface area (Å²) in [6.07, 6.45) is 2.58. The van der Waals surface area contributed by atoms with Gasteiger partial charge in [-0.2, -0.15) is 0 Å². The Kier molecular flexibility index (Phi) is 6.95. The van der Waals surface area contributed by atoms with Crippen LogP contribution in [0, 0.1) is 0 Å². The first-order valence-electron chi connectivity index (χ1n) is 12.2. The van der Waals surface area contributed by atoms with E-state index in [0.717, 1.165) is 35.4 Å². The van der Waals surface area contributed by atoms with E-state index in [1.54, 1.807) is 20.4 Å². The second kappa shape index (κ2) is 10.4. The average Bonchev–Trinajstić information content (AvgIpc) is 3.19. The van der Waals surface area contributed by atoms with Crippen LogP contribution in [0.1, 0.15) is 6.42 Å². The molecule has 3 aromatic rings. The third-order valence-electron chi connectivity index (χ3n) is 6.75. The van der Waals surface area contributed by atoms with E-state index in [1.807, 2.05) is 40.1 Å². The minimum absolute atomic E-state index is 0.0861. The minimum atomic E-state index is 0.0861. The van der Waals surface area contributed by atoms with Crippen molar-refractivity contribution in [2.24, 2.45) is 0 Å². The van der Waals surface area contributed by atoms with Crippen molar-refractivity contribution in [3.8, 4) is 22.8 Å². The second-order valence-corrected chi connectivity index (χ2v) is 8.88. The van der Waals surface area contributed by atoms with E-state index in [0.29, 0.717) is 68.6 Å². The molecule has 2 aliphatic heterocycles. The molecule has 2 amide bonds. The standard InChI is InChI=1S/C26H32N6O4/c1-34-21-17-20-23(24(25(21)35-2)19-6-3-4-7-28-19)18(27)16-22(29-20)30-8-5-9-31(11-10-30)26(33)32-12-14-36-15-13-32/h3-4,6-7,16-17H,5,8-15H2,1-2H3,(H2,27,29). The van der Waals surface area contributed by atoms with Crippen molar-refractivity contribution in [1.82, 2.24) is 19.8 Å². The summed E-state index contributed by atoms with van der Waals surface area (Å²) in [6, 6.07) is 9.55. The summed E-state index contributed by atoms with van der Waals surface area (Å²) < 4.78 is 16.8. The van der Waals surface area contributed by atoms with Gasteiger partial charge in [0.25, 0.3) is 0 Å². The van der Waals surface area contributed by atoms with Crippen LogP contribution in [0.15, 0.2) is 36.5 Å². The van der Waals surface area contributed by atoms with Gasteiger partial charge >= 0.3 is 6.03 Å². The second-order valence-electron chi connectivity index (χ2n) is 8.88. The number of hydrogen-bond donors (Lipinski definition) is 1. The van der Waals surface area contributed by atoms with Crippen LogP contribution in [0.4, 0.5) is 16.3 Å². The molecule has 2 fully saturated rings. The third kappa shape index (κ3) is 4.56. The fourth-order valence-corrected chi connectivity index (χ4v) is 4.94. The number of amides is 2. The predicted molar refractivity (Wildman–Crippen MR) is 139 cm³/mol. The van der Waals surface area contributed by atoms with Gasteiger partial charge in [-0.15, -0.1) is 0 Å². The van der Waals surface area contributed by atoms with Crippen molar-refractivity contribution in [3.05, 3.63) is 36.5 Å². The lowest BCUT2D eigenvalue weighted by atomic mass is 10.0. The monoisotopic (exact) mass is 492 g/mol. The lowest BCUT2D eigenvalue weighted by molar-refractivity contribution is 0.0438.